The molecule has 0 saturated heterocycles. The standard InChI is InChI=1S/C17H22N4O.HI/c1-12(2)22-16-8-7-14(10-19-16)11-20-17(18)21-15-6-4-5-13(3)9-15;/h4-10,12H,11H2,1-3H3,(H3,18,20,21);1H. The van der Waals surface area contributed by atoms with E-state index in [1.807, 2.05) is 57.2 Å². The van der Waals surface area contributed by atoms with Gasteiger partial charge in [-0.1, -0.05) is 18.2 Å². The molecule has 124 valence electrons. The molecular formula is C17H23IN4O. The Morgan fingerprint density at radius 3 is 2.70 bits per heavy atom. The molecule has 1 aromatic heterocycles. The predicted octanol–water partition coefficient (Wildman–Crippen LogP) is 3.72. The van der Waals surface area contributed by atoms with Gasteiger partial charge in [0.05, 0.1) is 12.6 Å². The molecule has 0 unspecified atom stereocenters. The fourth-order valence-corrected chi connectivity index (χ4v) is 1.90. The van der Waals surface area contributed by atoms with Crippen LogP contribution in [0, 0.1) is 6.92 Å². The molecule has 0 amide bonds. The highest BCUT2D eigenvalue weighted by Gasteiger charge is 2.00. The van der Waals surface area contributed by atoms with E-state index in [2.05, 4.69) is 15.3 Å². The number of pyridine rings is 1. The van der Waals surface area contributed by atoms with Crippen LogP contribution in [-0.2, 0) is 6.54 Å². The van der Waals surface area contributed by atoms with Crippen molar-refractivity contribution in [2.24, 2.45) is 10.7 Å². The Morgan fingerprint density at radius 2 is 2.09 bits per heavy atom. The van der Waals surface area contributed by atoms with E-state index in [4.69, 9.17) is 10.5 Å². The fraction of sp³-hybridized carbons (Fsp3) is 0.294. The minimum atomic E-state index is 0. The number of hydrogen-bond acceptors (Lipinski definition) is 3. The highest BCUT2D eigenvalue weighted by Crippen LogP contribution is 2.11. The van der Waals surface area contributed by atoms with E-state index in [0.29, 0.717) is 18.4 Å². The second-order valence-electron chi connectivity index (χ2n) is 5.37. The molecule has 0 bridgehead atoms. The number of aryl methyl sites for hydroxylation is 1. The molecule has 0 saturated carbocycles. The van der Waals surface area contributed by atoms with E-state index in [1.165, 1.54) is 5.56 Å². The van der Waals surface area contributed by atoms with E-state index >= 15 is 0 Å². The molecule has 2 rings (SSSR count). The number of hydrogen-bond donors (Lipinski definition) is 2. The molecular weight excluding hydrogens is 403 g/mol. The summed E-state index contributed by atoms with van der Waals surface area (Å²) >= 11 is 0. The molecule has 0 spiro atoms. The Balaban J connectivity index is 0.00000264. The first-order valence-electron chi connectivity index (χ1n) is 7.28. The third-order valence-corrected chi connectivity index (χ3v) is 2.88. The maximum absolute atomic E-state index is 5.89. The number of nitrogens with one attached hydrogen (secondary N) is 1. The summed E-state index contributed by atoms with van der Waals surface area (Å²) in [6.07, 6.45) is 1.87. The van der Waals surface area contributed by atoms with Crippen LogP contribution in [0.3, 0.4) is 0 Å². The molecule has 23 heavy (non-hydrogen) atoms. The van der Waals surface area contributed by atoms with Gasteiger partial charge in [0.25, 0.3) is 0 Å². The van der Waals surface area contributed by atoms with Crippen molar-refractivity contribution in [1.82, 2.24) is 4.98 Å². The third-order valence-electron chi connectivity index (χ3n) is 2.88. The Labute approximate surface area is 154 Å². The maximum atomic E-state index is 5.89. The zero-order valence-electron chi connectivity index (χ0n) is 13.6. The minimum Gasteiger partial charge on any atom is -0.475 e. The molecule has 0 aliphatic rings. The number of guanidine groups is 1. The first-order valence-corrected chi connectivity index (χ1v) is 7.28. The van der Waals surface area contributed by atoms with Gasteiger partial charge in [-0.05, 0) is 44.0 Å². The van der Waals surface area contributed by atoms with Gasteiger partial charge in [0, 0.05) is 18.0 Å². The van der Waals surface area contributed by atoms with Crippen molar-refractivity contribution in [2.45, 2.75) is 33.4 Å². The van der Waals surface area contributed by atoms with E-state index in [-0.39, 0.29) is 30.1 Å². The lowest BCUT2D eigenvalue weighted by atomic mass is 10.2. The number of nitrogens with two attached hydrogens (primary N) is 1. The zero-order chi connectivity index (χ0) is 15.9. The Kier molecular flexibility index (Phi) is 7.80. The summed E-state index contributed by atoms with van der Waals surface area (Å²) < 4.78 is 5.50. The number of aliphatic imine (C=N–C) groups is 1. The number of benzene rings is 1. The first-order chi connectivity index (χ1) is 10.5. The molecule has 0 atom stereocenters. The van der Waals surface area contributed by atoms with E-state index in [9.17, 15) is 0 Å². The monoisotopic (exact) mass is 426 g/mol. The molecule has 3 N–H and O–H groups in total. The maximum Gasteiger partial charge on any atom is 0.213 e. The van der Waals surface area contributed by atoms with Crippen LogP contribution in [0.1, 0.15) is 25.0 Å². The molecule has 0 aliphatic carbocycles. The highest BCUT2D eigenvalue weighted by atomic mass is 127. The normalized spacial score (nSPS) is 11.0. The second-order valence-corrected chi connectivity index (χ2v) is 5.37. The van der Waals surface area contributed by atoms with Crippen molar-refractivity contribution in [3.63, 3.8) is 0 Å². The Hall–Kier alpha value is -1.83. The average molecular weight is 426 g/mol. The van der Waals surface area contributed by atoms with Crippen molar-refractivity contribution < 1.29 is 4.74 Å². The van der Waals surface area contributed by atoms with Crippen molar-refractivity contribution in [2.75, 3.05) is 5.32 Å². The largest absolute Gasteiger partial charge is 0.475 e. The topological polar surface area (TPSA) is 72.5 Å². The first kappa shape index (κ1) is 19.2. The summed E-state index contributed by atoms with van der Waals surface area (Å²) in [5.74, 6) is 1.00. The van der Waals surface area contributed by atoms with Crippen LogP contribution in [0.5, 0.6) is 5.88 Å². The lowest BCUT2D eigenvalue weighted by Crippen LogP contribution is -2.22. The molecule has 1 aromatic carbocycles. The fourth-order valence-electron chi connectivity index (χ4n) is 1.90. The van der Waals surface area contributed by atoms with E-state index < -0.39 is 0 Å². The van der Waals surface area contributed by atoms with Gasteiger partial charge in [-0.3, -0.25) is 0 Å². The van der Waals surface area contributed by atoms with Crippen molar-refractivity contribution in [1.29, 1.82) is 0 Å². The van der Waals surface area contributed by atoms with Crippen LogP contribution in [0.15, 0.2) is 47.6 Å². The van der Waals surface area contributed by atoms with E-state index in [0.717, 1.165) is 11.3 Å². The minimum absolute atomic E-state index is 0. The molecule has 5 nitrogen and oxygen atoms in total. The molecule has 2 aromatic rings. The van der Waals surface area contributed by atoms with Gasteiger partial charge in [-0.25, -0.2) is 9.98 Å². The third kappa shape index (κ3) is 6.85. The summed E-state index contributed by atoms with van der Waals surface area (Å²) in [4.78, 5) is 8.55. The van der Waals surface area contributed by atoms with Crippen molar-refractivity contribution >= 4 is 35.6 Å². The Morgan fingerprint density at radius 1 is 1.30 bits per heavy atom. The van der Waals surface area contributed by atoms with Crippen LogP contribution in [0.2, 0.25) is 0 Å². The number of ether oxygens (including phenoxy) is 1. The van der Waals surface area contributed by atoms with Crippen molar-refractivity contribution in [3.8, 4) is 5.88 Å². The number of rotatable bonds is 5. The SMILES string of the molecule is Cc1cccc(NC(N)=NCc2ccc(OC(C)C)nc2)c1.I. The van der Waals surface area contributed by atoms with Crippen molar-refractivity contribution in [3.05, 3.63) is 53.7 Å². The smallest absolute Gasteiger partial charge is 0.213 e. The number of anilines is 1. The molecule has 0 fully saturated rings. The molecule has 0 radical (unpaired) electrons. The molecule has 1 heterocycles. The lowest BCUT2D eigenvalue weighted by Gasteiger charge is -2.08. The van der Waals surface area contributed by atoms with Gasteiger partial charge in [0.15, 0.2) is 5.96 Å². The van der Waals surface area contributed by atoms with Gasteiger partial charge in [-0.2, -0.15) is 0 Å². The van der Waals surface area contributed by atoms with Gasteiger partial charge < -0.3 is 15.8 Å². The Bertz CT molecular complexity index is 641. The zero-order valence-corrected chi connectivity index (χ0v) is 15.9. The van der Waals surface area contributed by atoms with Gasteiger partial charge >= 0.3 is 0 Å². The molecule has 6 heteroatoms. The van der Waals surface area contributed by atoms with Crippen LogP contribution in [0.4, 0.5) is 5.69 Å². The highest BCUT2D eigenvalue weighted by molar-refractivity contribution is 14.0. The van der Waals surface area contributed by atoms with E-state index in [1.54, 1.807) is 6.20 Å². The van der Waals surface area contributed by atoms with Gasteiger partial charge in [-0.15, -0.1) is 24.0 Å². The van der Waals surface area contributed by atoms with Gasteiger partial charge in [0.2, 0.25) is 5.88 Å². The number of nitrogens with zero attached hydrogens (tertiary/aromatic N) is 2. The summed E-state index contributed by atoms with van der Waals surface area (Å²) in [5.41, 5.74) is 8.97. The summed E-state index contributed by atoms with van der Waals surface area (Å²) in [6, 6.07) is 11.8. The number of halogens is 1. The van der Waals surface area contributed by atoms with Crippen LogP contribution in [-0.4, -0.2) is 17.0 Å². The molecule has 0 aliphatic heterocycles. The second kappa shape index (κ2) is 9.34. The average Bonchev–Trinajstić information content (AvgIpc) is 2.46. The summed E-state index contributed by atoms with van der Waals surface area (Å²) in [7, 11) is 0. The van der Waals surface area contributed by atoms with Gasteiger partial charge in [0.1, 0.15) is 0 Å². The predicted molar refractivity (Wildman–Crippen MR) is 106 cm³/mol. The van der Waals surface area contributed by atoms with Crippen LogP contribution in [0.25, 0.3) is 0 Å². The number of aromatic nitrogens is 1. The quantitative estimate of drug-likeness (QED) is 0.434. The van der Waals surface area contributed by atoms with Crippen LogP contribution >= 0.6 is 24.0 Å². The van der Waals surface area contributed by atoms with Crippen LogP contribution < -0.4 is 15.8 Å². The summed E-state index contributed by atoms with van der Waals surface area (Å²) in [6.45, 7) is 6.44. The lowest BCUT2D eigenvalue weighted by molar-refractivity contribution is 0.232. The summed E-state index contributed by atoms with van der Waals surface area (Å²) in [5, 5.41) is 3.07.